The summed E-state index contributed by atoms with van der Waals surface area (Å²) in [6.07, 6.45) is -7.91. The van der Waals surface area contributed by atoms with E-state index in [0.717, 1.165) is 6.92 Å². The van der Waals surface area contributed by atoms with E-state index >= 15 is 0 Å². The number of hydrogen-bond acceptors (Lipinski definition) is 14. The topological polar surface area (TPSA) is 216 Å². The van der Waals surface area contributed by atoms with Crippen LogP contribution in [0.3, 0.4) is 0 Å². The minimum absolute atomic E-state index is 0.666. The number of ether oxygens (including phenoxy) is 5. The summed E-state index contributed by atoms with van der Waals surface area (Å²) in [4.78, 5) is 45.3. The molecule has 0 aromatic heterocycles. The standard InChI is InChI=1S/C14H20O14/c1-5(15)24-10(19)9-12(21,26-6(2)16)14(23,28-8(4)18)13(22,11(20)25-9)27-7(3)17/h9-11,19-23H,1-4H3/t9-,10-,11+,12+,13-,14-/m1/s1. The monoisotopic (exact) mass is 412 g/mol. The molecule has 1 saturated heterocycles. The van der Waals surface area contributed by atoms with Gasteiger partial charge in [-0.2, -0.15) is 0 Å². The highest BCUT2D eigenvalue weighted by Gasteiger charge is 2.81. The van der Waals surface area contributed by atoms with Gasteiger partial charge in [0.05, 0.1) is 0 Å². The summed E-state index contributed by atoms with van der Waals surface area (Å²) >= 11 is 0. The highest BCUT2D eigenvalue weighted by molar-refractivity contribution is 5.69. The lowest BCUT2D eigenvalue weighted by Gasteiger charge is -2.55. The van der Waals surface area contributed by atoms with Crippen molar-refractivity contribution < 1.29 is 68.4 Å². The van der Waals surface area contributed by atoms with E-state index in [-0.39, 0.29) is 0 Å². The zero-order valence-corrected chi connectivity index (χ0v) is 15.1. The zero-order valence-electron chi connectivity index (χ0n) is 15.1. The largest absolute Gasteiger partial charge is 0.433 e. The Hall–Kier alpha value is -2.36. The Kier molecular flexibility index (Phi) is 6.72. The molecule has 0 radical (unpaired) electrons. The molecule has 0 aromatic carbocycles. The molecule has 1 rings (SSSR count). The van der Waals surface area contributed by atoms with Gasteiger partial charge in [-0.3, -0.25) is 19.2 Å². The van der Waals surface area contributed by atoms with Crippen molar-refractivity contribution in [3.8, 4) is 0 Å². The number of hydrogen-bond donors (Lipinski definition) is 5. The minimum Gasteiger partial charge on any atom is -0.433 e. The van der Waals surface area contributed by atoms with Crippen molar-refractivity contribution in [2.24, 2.45) is 0 Å². The number of aliphatic hydroxyl groups is 5. The van der Waals surface area contributed by atoms with Crippen LogP contribution in [0, 0.1) is 0 Å². The van der Waals surface area contributed by atoms with Gasteiger partial charge in [-0.15, -0.1) is 0 Å². The van der Waals surface area contributed by atoms with Crippen LogP contribution in [0.5, 0.6) is 0 Å². The van der Waals surface area contributed by atoms with E-state index < -0.39 is 59.9 Å². The first-order valence-corrected chi connectivity index (χ1v) is 7.55. The number of aliphatic hydroxyl groups excluding tert-OH is 2. The lowest BCUT2D eigenvalue weighted by molar-refractivity contribution is -0.538. The second kappa shape index (κ2) is 7.94. The smallest absolute Gasteiger partial charge is 0.352 e. The summed E-state index contributed by atoms with van der Waals surface area (Å²) in [5.41, 5.74) is 0. The van der Waals surface area contributed by atoms with Gasteiger partial charge in [0.15, 0.2) is 6.10 Å². The first-order valence-electron chi connectivity index (χ1n) is 7.55. The van der Waals surface area contributed by atoms with Crippen molar-refractivity contribution in [1.29, 1.82) is 0 Å². The van der Waals surface area contributed by atoms with Gasteiger partial charge in [0.1, 0.15) is 0 Å². The predicted molar refractivity (Wildman–Crippen MR) is 78.8 cm³/mol. The molecule has 0 bridgehead atoms. The van der Waals surface area contributed by atoms with Crippen molar-refractivity contribution in [3.63, 3.8) is 0 Å². The van der Waals surface area contributed by atoms with E-state index in [4.69, 9.17) is 0 Å². The molecule has 0 amide bonds. The van der Waals surface area contributed by atoms with E-state index in [9.17, 15) is 44.7 Å². The van der Waals surface area contributed by atoms with E-state index in [0.29, 0.717) is 20.8 Å². The highest BCUT2D eigenvalue weighted by atomic mass is 16.8. The van der Waals surface area contributed by atoms with E-state index in [1.807, 2.05) is 0 Å². The Morgan fingerprint density at radius 1 is 0.821 bits per heavy atom. The van der Waals surface area contributed by atoms with Crippen LogP contribution in [0.25, 0.3) is 0 Å². The van der Waals surface area contributed by atoms with E-state index in [1.54, 1.807) is 0 Å². The highest BCUT2D eigenvalue weighted by Crippen LogP contribution is 2.47. The molecular weight excluding hydrogens is 392 g/mol. The number of esters is 4. The van der Waals surface area contributed by atoms with Gasteiger partial charge >= 0.3 is 41.2 Å². The first kappa shape index (κ1) is 23.7. The summed E-state index contributed by atoms with van der Waals surface area (Å²) in [5.74, 6) is -16.8. The number of carbonyl (C=O) groups excluding carboxylic acids is 4. The molecule has 1 aliphatic heterocycles. The minimum atomic E-state index is -3.97. The summed E-state index contributed by atoms with van der Waals surface area (Å²) in [6, 6.07) is 0. The Morgan fingerprint density at radius 3 is 1.64 bits per heavy atom. The molecule has 14 nitrogen and oxygen atoms in total. The molecular formula is C14H20O14. The van der Waals surface area contributed by atoms with Gasteiger partial charge in [-0.05, 0) is 0 Å². The van der Waals surface area contributed by atoms with Crippen LogP contribution in [0.2, 0.25) is 0 Å². The fourth-order valence-corrected chi connectivity index (χ4v) is 2.47. The van der Waals surface area contributed by atoms with Crippen LogP contribution in [-0.4, -0.2) is 85.5 Å². The van der Waals surface area contributed by atoms with Crippen molar-refractivity contribution >= 4 is 23.9 Å². The molecule has 0 unspecified atom stereocenters. The SMILES string of the molecule is CC(=O)O[C@@H](O)[C@H]1O[C@H](O)[C@@](O)(OC(C)=O)[C@](O)(OC(C)=O)[C@@]1(O)OC(C)=O. The molecule has 0 spiro atoms. The summed E-state index contributed by atoms with van der Waals surface area (Å²) in [5, 5.41) is 52.1. The van der Waals surface area contributed by atoms with Gasteiger partial charge in [-0.1, -0.05) is 0 Å². The maximum atomic E-state index is 11.5. The van der Waals surface area contributed by atoms with Gasteiger partial charge in [0.25, 0.3) is 0 Å². The fourth-order valence-electron chi connectivity index (χ4n) is 2.47. The van der Waals surface area contributed by atoms with Crippen LogP contribution in [-0.2, 0) is 42.9 Å². The molecule has 1 heterocycles. The summed E-state index contributed by atoms with van der Waals surface area (Å²) < 4.78 is 22.3. The predicted octanol–water partition coefficient (Wildman–Crippen LogP) is -3.66. The van der Waals surface area contributed by atoms with Crippen LogP contribution >= 0.6 is 0 Å². The van der Waals surface area contributed by atoms with E-state index in [1.165, 1.54) is 0 Å². The molecule has 1 aliphatic rings. The summed E-state index contributed by atoms with van der Waals surface area (Å²) in [7, 11) is 0. The Morgan fingerprint density at radius 2 is 1.25 bits per heavy atom. The lowest BCUT2D eigenvalue weighted by Crippen LogP contribution is -2.84. The second-order valence-corrected chi connectivity index (χ2v) is 5.73. The van der Waals surface area contributed by atoms with Crippen LogP contribution in [0.15, 0.2) is 0 Å². The number of carbonyl (C=O) groups is 4. The molecule has 5 N–H and O–H groups in total. The fraction of sp³-hybridized carbons (Fsp3) is 0.714. The zero-order chi connectivity index (χ0) is 22.1. The van der Waals surface area contributed by atoms with Gasteiger partial charge in [0, 0.05) is 27.7 Å². The third-order valence-electron chi connectivity index (χ3n) is 3.40. The van der Waals surface area contributed by atoms with Crippen molar-refractivity contribution in [2.75, 3.05) is 0 Å². The Labute approximate surface area is 157 Å². The third kappa shape index (κ3) is 4.06. The quantitative estimate of drug-likeness (QED) is 0.167. The molecule has 28 heavy (non-hydrogen) atoms. The lowest BCUT2D eigenvalue weighted by atomic mass is 9.86. The molecule has 0 aromatic rings. The van der Waals surface area contributed by atoms with E-state index in [2.05, 4.69) is 23.7 Å². The van der Waals surface area contributed by atoms with Crippen LogP contribution < -0.4 is 0 Å². The van der Waals surface area contributed by atoms with Gasteiger partial charge in [0.2, 0.25) is 12.6 Å². The molecule has 1 fully saturated rings. The first-order chi connectivity index (χ1) is 12.6. The Bertz CT molecular complexity index is 662. The normalized spacial score (nSPS) is 36.0. The molecule has 0 saturated carbocycles. The number of rotatable bonds is 5. The molecule has 0 aliphatic carbocycles. The average Bonchev–Trinajstić information content (AvgIpc) is 2.47. The second-order valence-electron chi connectivity index (χ2n) is 5.73. The van der Waals surface area contributed by atoms with Gasteiger partial charge in [-0.25, -0.2) is 0 Å². The van der Waals surface area contributed by atoms with Crippen molar-refractivity contribution in [2.45, 2.75) is 63.7 Å². The Balaban J connectivity index is 3.71. The van der Waals surface area contributed by atoms with Crippen molar-refractivity contribution in [1.82, 2.24) is 0 Å². The summed E-state index contributed by atoms with van der Waals surface area (Å²) in [6.45, 7) is 2.88. The maximum absolute atomic E-state index is 11.5. The molecule has 14 heteroatoms. The van der Waals surface area contributed by atoms with Crippen LogP contribution in [0.4, 0.5) is 0 Å². The molecule has 160 valence electrons. The average molecular weight is 412 g/mol. The van der Waals surface area contributed by atoms with Gasteiger partial charge < -0.3 is 49.2 Å². The molecule has 6 atom stereocenters. The third-order valence-corrected chi connectivity index (χ3v) is 3.40. The van der Waals surface area contributed by atoms with Crippen LogP contribution in [0.1, 0.15) is 27.7 Å². The van der Waals surface area contributed by atoms with Crippen molar-refractivity contribution in [3.05, 3.63) is 0 Å². The maximum Gasteiger partial charge on any atom is 0.352 e.